The molecule has 2 aliphatic carbocycles. The van der Waals surface area contributed by atoms with Crippen molar-refractivity contribution in [3.05, 3.63) is 18.0 Å². The topological polar surface area (TPSA) is 29.9 Å². The Morgan fingerprint density at radius 3 is 2.39 bits per heavy atom. The first kappa shape index (κ1) is 12.2. The lowest BCUT2D eigenvalue weighted by atomic mass is 9.68. The number of hydrogen-bond acceptors (Lipinski definition) is 2. The molecule has 0 aliphatic heterocycles. The van der Waals surface area contributed by atoms with Crippen molar-refractivity contribution in [2.75, 3.05) is 6.54 Å². The van der Waals surface area contributed by atoms with Crippen LogP contribution in [0.5, 0.6) is 0 Å². The minimum atomic E-state index is 0.809. The number of aromatic nitrogens is 2. The van der Waals surface area contributed by atoms with Gasteiger partial charge in [-0.15, -0.1) is 0 Å². The summed E-state index contributed by atoms with van der Waals surface area (Å²) in [6, 6.07) is 0.809. The van der Waals surface area contributed by atoms with Crippen LogP contribution in [-0.4, -0.2) is 22.4 Å². The molecule has 0 atom stereocenters. The van der Waals surface area contributed by atoms with Crippen LogP contribution in [-0.2, 0) is 13.5 Å². The second-order valence-corrected chi connectivity index (χ2v) is 6.13. The fraction of sp³-hybridized carbons (Fsp3) is 0.800. The van der Waals surface area contributed by atoms with Gasteiger partial charge in [0.2, 0.25) is 0 Å². The molecule has 0 amide bonds. The van der Waals surface area contributed by atoms with Gasteiger partial charge in [-0.3, -0.25) is 4.68 Å². The molecule has 0 bridgehead atoms. The van der Waals surface area contributed by atoms with Gasteiger partial charge in [0.15, 0.2) is 0 Å². The van der Waals surface area contributed by atoms with Crippen LogP contribution in [0.2, 0.25) is 0 Å². The van der Waals surface area contributed by atoms with E-state index < -0.39 is 0 Å². The van der Waals surface area contributed by atoms with E-state index in [-0.39, 0.29) is 0 Å². The van der Waals surface area contributed by atoms with Crippen LogP contribution in [0.3, 0.4) is 0 Å². The fourth-order valence-electron chi connectivity index (χ4n) is 3.30. The first-order valence-electron chi connectivity index (χ1n) is 7.54. The average Bonchev–Trinajstić information content (AvgIpc) is 2.59. The predicted octanol–water partition coefficient (Wildman–Crippen LogP) is 2.52. The first-order valence-corrected chi connectivity index (χ1v) is 7.54. The Labute approximate surface area is 110 Å². The minimum Gasteiger partial charge on any atom is -0.313 e. The van der Waals surface area contributed by atoms with Crippen molar-refractivity contribution in [3.8, 4) is 0 Å². The van der Waals surface area contributed by atoms with Crippen LogP contribution in [0.15, 0.2) is 12.4 Å². The SMILES string of the molecule is Cn1cc(CCNC(C2CCC2)C2CCC2)cn1. The van der Waals surface area contributed by atoms with Crippen molar-refractivity contribution in [3.63, 3.8) is 0 Å². The number of nitrogens with zero attached hydrogens (tertiary/aromatic N) is 2. The Kier molecular flexibility index (Phi) is 3.69. The molecule has 100 valence electrons. The molecule has 2 fully saturated rings. The number of rotatable bonds is 6. The maximum Gasteiger partial charge on any atom is 0.0522 e. The van der Waals surface area contributed by atoms with Crippen molar-refractivity contribution in [1.29, 1.82) is 0 Å². The van der Waals surface area contributed by atoms with E-state index >= 15 is 0 Å². The van der Waals surface area contributed by atoms with Gasteiger partial charge in [0.25, 0.3) is 0 Å². The highest BCUT2D eigenvalue weighted by molar-refractivity contribution is 5.04. The summed E-state index contributed by atoms with van der Waals surface area (Å²) in [5.74, 6) is 1.95. The Morgan fingerprint density at radius 2 is 1.94 bits per heavy atom. The third-order valence-corrected chi connectivity index (χ3v) is 4.87. The normalized spacial score (nSPS) is 21.0. The fourth-order valence-corrected chi connectivity index (χ4v) is 3.30. The molecule has 1 N–H and O–H groups in total. The largest absolute Gasteiger partial charge is 0.313 e. The number of hydrogen-bond donors (Lipinski definition) is 1. The van der Waals surface area contributed by atoms with Crippen molar-refractivity contribution >= 4 is 0 Å². The molecule has 0 aromatic carbocycles. The molecule has 2 aliphatic rings. The van der Waals surface area contributed by atoms with Crippen LogP contribution in [0, 0.1) is 11.8 Å². The summed E-state index contributed by atoms with van der Waals surface area (Å²) in [4.78, 5) is 0. The summed E-state index contributed by atoms with van der Waals surface area (Å²) in [5.41, 5.74) is 1.35. The Bertz CT molecular complexity index is 363. The van der Waals surface area contributed by atoms with Crippen LogP contribution < -0.4 is 5.32 Å². The molecule has 3 heteroatoms. The van der Waals surface area contributed by atoms with Gasteiger partial charge >= 0.3 is 0 Å². The van der Waals surface area contributed by atoms with E-state index in [2.05, 4.69) is 16.6 Å². The molecule has 2 saturated carbocycles. The minimum absolute atomic E-state index is 0.809. The Morgan fingerprint density at radius 1 is 1.28 bits per heavy atom. The molecular weight excluding hydrogens is 222 g/mol. The van der Waals surface area contributed by atoms with Crippen molar-refractivity contribution in [2.45, 2.75) is 51.0 Å². The smallest absolute Gasteiger partial charge is 0.0522 e. The van der Waals surface area contributed by atoms with Gasteiger partial charge in [0, 0.05) is 19.3 Å². The van der Waals surface area contributed by atoms with E-state index in [9.17, 15) is 0 Å². The van der Waals surface area contributed by atoms with E-state index in [1.54, 1.807) is 0 Å². The van der Waals surface area contributed by atoms with Gasteiger partial charge in [-0.05, 0) is 56.0 Å². The molecule has 0 radical (unpaired) electrons. The zero-order valence-electron chi connectivity index (χ0n) is 11.4. The quantitative estimate of drug-likeness (QED) is 0.837. The molecule has 1 aromatic heterocycles. The summed E-state index contributed by atoms with van der Waals surface area (Å²) in [6.07, 6.45) is 14.0. The third-order valence-electron chi connectivity index (χ3n) is 4.87. The van der Waals surface area contributed by atoms with Gasteiger partial charge in [-0.25, -0.2) is 0 Å². The molecule has 1 aromatic rings. The standard InChI is InChI=1S/C15H25N3/c1-18-11-12(10-17-18)8-9-16-15(13-4-2-5-13)14-6-3-7-14/h10-11,13-16H,2-9H2,1H3. The van der Waals surface area contributed by atoms with E-state index in [1.807, 2.05) is 17.9 Å². The van der Waals surface area contributed by atoms with Crippen LogP contribution in [0.4, 0.5) is 0 Å². The maximum absolute atomic E-state index is 4.23. The van der Waals surface area contributed by atoms with E-state index in [0.29, 0.717) is 0 Å². The van der Waals surface area contributed by atoms with Gasteiger partial charge in [0.05, 0.1) is 6.20 Å². The van der Waals surface area contributed by atoms with Gasteiger partial charge in [0.1, 0.15) is 0 Å². The summed E-state index contributed by atoms with van der Waals surface area (Å²) in [6.45, 7) is 1.11. The molecule has 0 saturated heterocycles. The number of nitrogens with one attached hydrogen (secondary N) is 1. The molecule has 18 heavy (non-hydrogen) atoms. The molecule has 1 heterocycles. The Balaban J connectivity index is 1.47. The Hall–Kier alpha value is -0.830. The summed E-state index contributed by atoms with van der Waals surface area (Å²) in [7, 11) is 1.99. The highest BCUT2D eigenvalue weighted by Crippen LogP contribution is 2.39. The lowest BCUT2D eigenvalue weighted by Gasteiger charge is -2.43. The highest BCUT2D eigenvalue weighted by atomic mass is 15.2. The summed E-state index contributed by atoms with van der Waals surface area (Å²) in [5, 5.41) is 8.07. The van der Waals surface area contributed by atoms with Crippen LogP contribution in [0.1, 0.15) is 44.1 Å². The summed E-state index contributed by atoms with van der Waals surface area (Å²) >= 11 is 0. The second kappa shape index (κ2) is 5.43. The van der Waals surface area contributed by atoms with Gasteiger partial charge < -0.3 is 5.32 Å². The van der Waals surface area contributed by atoms with E-state index in [1.165, 1.54) is 44.1 Å². The van der Waals surface area contributed by atoms with E-state index in [4.69, 9.17) is 0 Å². The second-order valence-electron chi connectivity index (χ2n) is 6.13. The first-order chi connectivity index (χ1) is 8.83. The molecule has 3 rings (SSSR count). The summed E-state index contributed by atoms with van der Waals surface area (Å²) < 4.78 is 1.89. The average molecular weight is 247 g/mol. The lowest BCUT2D eigenvalue weighted by molar-refractivity contribution is 0.124. The lowest BCUT2D eigenvalue weighted by Crippen LogP contribution is -2.47. The molecule has 3 nitrogen and oxygen atoms in total. The van der Waals surface area contributed by atoms with E-state index in [0.717, 1.165) is 30.8 Å². The molecule has 0 unspecified atom stereocenters. The maximum atomic E-state index is 4.23. The third kappa shape index (κ3) is 2.61. The van der Waals surface area contributed by atoms with Crippen molar-refractivity contribution < 1.29 is 0 Å². The molecule has 0 spiro atoms. The van der Waals surface area contributed by atoms with Crippen LogP contribution in [0.25, 0.3) is 0 Å². The zero-order chi connectivity index (χ0) is 12.4. The zero-order valence-corrected chi connectivity index (χ0v) is 11.4. The predicted molar refractivity (Wildman–Crippen MR) is 73.4 cm³/mol. The van der Waals surface area contributed by atoms with Crippen LogP contribution >= 0.6 is 0 Å². The molecular formula is C15H25N3. The monoisotopic (exact) mass is 247 g/mol. The highest BCUT2D eigenvalue weighted by Gasteiger charge is 2.35. The van der Waals surface area contributed by atoms with Gasteiger partial charge in [-0.1, -0.05) is 12.8 Å². The van der Waals surface area contributed by atoms with Crippen molar-refractivity contribution in [1.82, 2.24) is 15.1 Å². The van der Waals surface area contributed by atoms with Gasteiger partial charge in [-0.2, -0.15) is 5.10 Å². The van der Waals surface area contributed by atoms with Crippen molar-refractivity contribution in [2.24, 2.45) is 18.9 Å². The number of aryl methyl sites for hydroxylation is 1.